The number of alkyl halides is 1. The Kier molecular flexibility index (Phi) is 4.86. The van der Waals surface area contributed by atoms with Crippen LogP contribution in [0.3, 0.4) is 0 Å². The first kappa shape index (κ1) is 16.9. The van der Waals surface area contributed by atoms with Crippen molar-refractivity contribution in [2.24, 2.45) is 5.92 Å². The number of allylic oxidation sites excluding steroid dienone is 3. The molecule has 2 heterocycles. The number of rotatable bonds is 3. The lowest BCUT2D eigenvalue weighted by Crippen LogP contribution is -2.50. The Morgan fingerprint density at radius 3 is 2.96 bits per heavy atom. The Morgan fingerprint density at radius 2 is 2.25 bits per heavy atom. The smallest absolute Gasteiger partial charge is 0.249 e. The fourth-order valence-corrected chi connectivity index (χ4v) is 4.02. The molecule has 0 radical (unpaired) electrons. The standard InChI is InChI=1S/C18H23ClN4O/c1-11(21-14-4-5-15(9-20)23(2)10-14)16-8-12-7-13(19)3-6-17(12)22-18(16)24/h4-5,8,11-13,17,21H,3,6-7,10H2,1-2H3,(H,22,24)/t11-,12?,13?,17?/m0/s1. The molecule has 0 aromatic carbocycles. The maximum Gasteiger partial charge on any atom is 0.249 e. The lowest BCUT2D eigenvalue weighted by Gasteiger charge is -2.38. The van der Waals surface area contributed by atoms with Gasteiger partial charge in [-0.25, -0.2) is 0 Å². The minimum Gasteiger partial charge on any atom is -0.380 e. The van der Waals surface area contributed by atoms with Gasteiger partial charge in [0, 0.05) is 29.7 Å². The molecule has 6 heteroatoms. The number of carbonyl (C=O) groups excluding carboxylic acids is 1. The number of likely N-dealkylation sites (N-methyl/N-ethyl adjacent to an activating group) is 1. The first-order valence-electron chi connectivity index (χ1n) is 8.43. The Morgan fingerprint density at radius 1 is 1.46 bits per heavy atom. The summed E-state index contributed by atoms with van der Waals surface area (Å²) in [6.45, 7) is 2.63. The van der Waals surface area contributed by atoms with E-state index in [0.29, 0.717) is 18.2 Å². The number of halogens is 1. The molecule has 2 N–H and O–H groups in total. The van der Waals surface area contributed by atoms with E-state index in [4.69, 9.17) is 16.9 Å². The van der Waals surface area contributed by atoms with Crippen LogP contribution in [0.2, 0.25) is 0 Å². The molecule has 24 heavy (non-hydrogen) atoms. The molecular weight excluding hydrogens is 324 g/mol. The van der Waals surface area contributed by atoms with Crippen LogP contribution in [0, 0.1) is 17.2 Å². The SMILES string of the molecule is C[C@H](NC1=CC=C(C#N)N(C)C1)C1=CC2CC(Cl)CCC2NC1=O. The molecule has 128 valence electrons. The zero-order chi connectivity index (χ0) is 17.3. The Labute approximate surface area is 148 Å². The first-order chi connectivity index (χ1) is 11.5. The van der Waals surface area contributed by atoms with E-state index in [1.54, 1.807) is 6.08 Å². The number of nitrogens with zero attached hydrogens (tertiary/aromatic N) is 2. The lowest BCUT2D eigenvalue weighted by molar-refractivity contribution is -0.119. The number of nitriles is 1. The number of amides is 1. The van der Waals surface area contributed by atoms with E-state index >= 15 is 0 Å². The maximum atomic E-state index is 12.4. The fraction of sp³-hybridized carbons (Fsp3) is 0.556. The van der Waals surface area contributed by atoms with Gasteiger partial charge in [0.2, 0.25) is 5.91 Å². The van der Waals surface area contributed by atoms with Crippen molar-refractivity contribution in [3.63, 3.8) is 0 Å². The summed E-state index contributed by atoms with van der Waals surface area (Å²) in [6, 6.07) is 2.30. The van der Waals surface area contributed by atoms with Gasteiger partial charge in [0.25, 0.3) is 0 Å². The zero-order valence-electron chi connectivity index (χ0n) is 14.1. The number of nitrogens with one attached hydrogen (secondary N) is 2. The summed E-state index contributed by atoms with van der Waals surface area (Å²) in [6.07, 6.45) is 8.65. The molecule has 3 aliphatic rings. The molecular formula is C18H23ClN4O. The van der Waals surface area contributed by atoms with Gasteiger partial charge in [-0.15, -0.1) is 11.6 Å². The fourth-order valence-electron chi connectivity index (χ4n) is 3.69. The van der Waals surface area contributed by atoms with Gasteiger partial charge in [-0.3, -0.25) is 4.79 Å². The van der Waals surface area contributed by atoms with Crippen LogP contribution in [0.15, 0.2) is 35.2 Å². The molecule has 2 aliphatic heterocycles. The van der Waals surface area contributed by atoms with Gasteiger partial charge in [-0.05, 0) is 44.3 Å². The second-order valence-electron chi connectivity index (χ2n) is 6.85. The van der Waals surface area contributed by atoms with E-state index in [0.717, 1.165) is 30.5 Å². The number of hydrogen-bond donors (Lipinski definition) is 2. The lowest BCUT2D eigenvalue weighted by atomic mass is 9.80. The highest BCUT2D eigenvalue weighted by atomic mass is 35.5. The van der Waals surface area contributed by atoms with E-state index in [9.17, 15) is 4.79 Å². The Bertz CT molecular complexity index is 660. The first-order valence-corrected chi connectivity index (χ1v) is 8.87. The van der Waals surface area contributed by atoms with Crippen LogP contribution in [0.1, 0.15) is 26.2 Å². The van der Waals surface area contributed by atoms with Gasteiger partial charge in [-0.1, -0.05) is 6.08 Å². The van der Waals surface area contributed by atoms with Crippen molar-refractivity contribution in [1.82, 2.24) is 15.5 Å². The Balaban J connectivity index is 1.72. The zero-order valence-corrected chi connectivity index (χ0v) is 14.8. The third-order valence-corrected chi connectivity index (χ3v) is 5.45. The number of carbonyl (C=O) groups is 1. The molecule has 1 amide bonds. The molecule has 0 bridgehead atoms. The van der Waals surface area contributed by atoms with Crippen molar-refractivity contribution in [2.75, 3.05) is 13.6 Å². The molecule has 1 aliphatic carbocycles. The van der Waals surface area contributed by atoms with E-state index in [-0.39, 0.29) is 23.4 Å². The van der Waals surface area contributed by atoms with Crippen LogP contribution in [0.4, 0.5) is 0 Å². The van der Waals surface area contributed by atoms with Crippen molar-refractivity contribution in [2.45, 2.75) is 43.6 Å². The van der Waals surface area contributed by atoms with Gasteiger partial charge in [-0.2, -0.15) is 5.26 Å². The second kappa shape index (κ2) is 6.90. The van der Waals surface area contributed by atoms with E-state index in [1.807, 2.05) is 24.9 Å². The quantitative estimate of drug-likeness (QED) is 0.767. The Hall–Kier alpha value is -1.93. The molecule has 0 aromatic rings. The van der Waals surface area contributed by atoms with Crippen LogP contribution in [-0.4, -0.2) is 41.9 Å². The summed E-state index contributed by atoms with van der Waals surface area (Å²) in [5.74, 6) is 0.341. The van der Waals surface area contributed by atoms with Gasteiger partial charge < -0.3 is 15.5 Å². The van der Waals surface area contributed by atoms with E-state index in [2.05, 4.69) is 22.8 Å². The third kappa shape index (κ3) is 3.44. The predicted molar refractivity (Wildman–Crippen MR) is 94.0 cm³/mol. The maximum absolute atomic E-state index is 12.4. The summed E-state index contributed by atoms with van der Waals surface area (Å²) < 4.78 is 0. The largest absolute Gasteiger partial charge is 0.380 e. The molecule has 0 spiro atoms. The van der Waals surface area contributed by atoms with Crippen LogP contribution in [0.5, 0.6) is 0 Å². The van der Waals surface area contributed by atoms with Crippen LogP contribution < -0.4 is 10.6 Å². The topological polar surface area (TPSA) is 68.2 Å². The molecule has 1 fully saturated rings. The highest BCUT2D eigenvalue weighted by Crippen LogP contribution is 2.33. The molecule has 0 saturated heterocycles. The molecule has 1 saturated carbocycles. The van der Waals surface area contributed by atoms with Gasteiger partial charge in [0.1, 0.15) is 11.8 Å². The van der Waals surface area contributed by atoms with Crippen molar-refractivity contribution in [3.8, 4) is 6.07 Å². The summed E-state index contributed by atoms with van der Waals surface area (Å²) in [5, 5.41) is 15.8. The number of hydrogen-bond acceptors (Lipinski definition) is 4. The average molecular weight is 347 g/mol. The highest BCUT2D eigenvalue weighted by molar-refractivity contribution is 6.20. The van der Waals surface area contributed by atoms with Gasteiger partial charge >= 0.3 is 0 Å². The molecule has 5 nitrogen and oxygen atoms in total. The second-order valence-corrected chi connectivity index (χ2v) is 7.47. The minimum atomic E-state index is -0.0849. The third-order valence-electron chi connectivity index (χ3n) is 5.05. The van der Waals surface area contributed by atoms with Gasteiger partial charge in [0.05, 0.1) is 12.6 Å². The van der Waals surface area contributed by atoms with Crippen LogP contribution in [0.25, 0.3) is 0 Å². The monoisotopic (exact) mass is 346 g/mol. The molecule has 3 unspecified atom stereocenters. The summed E-state index contributed by atoms with van der Waals surface area (Å²) >= 11 is 6.29. The van der Waals surface area contributed by atoms with Crippen LogP contribution in [-0.2, 0) is 4.79 Å². The predicted octanol–water partition coefficient (Wildman–Crippen LogP) is 2.03. The van der Waals surface area contributed by atoms with Crippen molar-refractivity contribution in [1.29, 1.82) is 5.26 Å². The highest BCUT2D eigenvalue weighted by Gasteiger charge is 2.35. The van der Waals surface area contributed by atoms with Crippen LogP contribution >= 0.6 is 11.6 Å². The summed E-state index contributed by atoms with van der Waals surface area (Å²) in [7, 11) is 1.88. The normalized spacial score (nSPS) is 30.9. The van der Waals surface area contributed by atoms with Gasteiger partial charge in [0.15, 0.2) is 0 Å². The van der Waals surface area contributed by atoms with Crippen molar-refractivity contribution in [3.05, 3.63) is 35.2 Å². The average Bonchev–Trinajstić information content (AvgIpc) is 2.54. The van der Waals surface area contributed by atoms with E-state index in [1.165, 1.54) is 0 Å². The molecule has 3 rings (SSSR count). The minimum absolute atomic E-state index is 0.0160. The molecule has 0 aromatic heterocycles. The van der Waals surface area contributed by atoms with E-state index < -0.39 is 0 Å². The van der Waals surface area contributed by atoms with Crippen molar-refractivity contribution < 1.29 is 4.79 Å². The van der Waals surface area contributed by atoms with Crippen molar-refractivity contribution >= 4 is 17.5 Å². The summed E-state index contributed by atoms with van der Waals surface area (Å²) in [4.78, 5) is 14.3. The molecule has 4 atom stereocenters. The number of fused-ring (bicyclic) bond motifs is 1. The summed E-state index contributed by atoms with van der Waals surface area (Å²) in [5.41, 5.74) is 2.42.